The average molecular weight is 920 g/mol. The van der Waals surface area contributed by atoms with Crippen LogP contribution in [0, 0.1) is 5.92 Å². The molecule has 0 bridgehead atoms. The standard InChI is InChI=1S/C59H114O6/c1-5-8-10-12-14-16-18-26-32-36-40-44-48-52-59(62)65-56(53-63-57(60)50-46-42-38-34-30-19-17-15-13-11-9-6-2)54-64-58(61)51-47-43-39-35-31-28-25-23-21-20-22-24-27-29-33-37-41-45-49-55(4)7-3/h55-56H,5-54H2,1-4H3/t55?,56-/m1/s1. The van der Waals surface area contributed by atoms with Crippen molar-refractivity contribution in [3.8, 4) is 0 Å². The quantitative estimate of drug-likeness (QED) is 0.0344. The van der Waals surface area contributed by atoms with Crippen LogP contribution in [0.15, 0.2) is 0 Å². The first-order valence-corrected chi connectivity index (χ1v) is 29.4. The van der Waals surface area contributed by atoms with Crippen molar-refractivity contribution in [2.75, 3.05) is 13.2 Å². The maximum atomic E-state index is 12.8. The third kappa shape index (κ3) is 51.6. The van der Waals surface area contributed by atoms with Gasteiger partial charge in [-0.3, -0.25) is 14.4 Å². The molecule has 0 heterocycles. The maximum absolute atomic E-state index is 12.8. The number of carbonyl (C=O) groups excluding carboxylic acids is 3. The Labute approximate surface area is 406 Å². The number of unbranched alkanes of at least 4 members (excludes halogenated alkanes) is 40. The van der Waals surface area contributed by atoms with Crippen molar-refractivity contribution in [3.63, 3.8) is 0 Å². The predicted molar refractivity (Wildman–Crippen MR) is 280 cm³/mol. The Morgan fingerprint density at radius 1 is 0.308 bits per heavy atom. The van der Waals surface area contributed by atoms with Gasteiger partial charge >= 0.3 is 17.9 Å². The molecule has 1 unspecified atom stereocenters. The van der Waals surface area contributed by atoms with Crippen LogP contribution >= 0.6 is 0 Å². The van der Waals surface area contributed by atoms with E-state index in [1.807, 2.05) is 0 Å². The van der Waals surface area contributed by atoms with E-state index >= 15 is 0 Å². The summed E-state index contributed by atoms with van der Waals surface area (Å²) < 4.78 is 16.9. The second-order valence-electron chi connectivity index (χ2n) is 20.5. The Balaban J connectivity index is 4.20. The Bertz CT molecular complexity index is 982. The molecule has 0 aromatic heterocycles. The molecule has 0 N–H and O–H groups in total. The van der Waals surface area contributed by atoms with Gasteiger partial charge in [-0.25, -0.2) is 0 Å². The SMILES string of the molecule is CCCCCCCCCCCCCCCC(=O)O[C@H](COC(=O)CCCCCCCCCCCCCC)COC(=O)CCCCCCCCCCCCCCCCCCCCC(C)CC. The van der Waals surface area contributed by atoms with Gasteiger partial charge in [0.05, 0.1) is 0 Å². The van der Waals surface area contributed by atoms with Crippen LogP contribution in [0.4, 0.5) is 0 Å². The normalized spacial score (nSPS) is 12.4. The van der Waals surface area contributed by atoms with Crippen LogP contribution in [0.1, 0.15) is 336 Å². The topological polar surface area (TPSA) is 78.9 Å². The molecule has 0 rings (SSSR count). The predicted octanol–water partition coefficient (Wildman–Crippen LogP) is 19.4. The number of esters is 3. The third-order valence-electron chi connectivity index (χ3n) is 13.9. The first-order chi connectivity index (χ1) is 31.9. The summed E-state index contributed by atoms with van der Waals surface area (Å²) in [6.45, 7) is 9.10. The van der Waals surface area contributed by atoms with Crippen LogP contribution in [0.3, 0.4) is 0 Å². The number of hydrogen-bond acceptors (Lipinski definition) is 6. The average Bonchev–Trinajstić information content (AvgIpc) is 3.30. The minimum atomic E-state index is -0.761. The Hall–Kier alpha value is -1.59. The largest absolute Gasteiger partial charge is 0.462 e. The zero-order chi connectivity index (χ0) is 47.4. The molecule has 0 fully saturated rings. The molecule has 0 aliphatic rings. The van der Waals surface area contributed by atoms with E-state index in [1.165, 1.54) is 231 Å². The van der Waals surface area contributed by atoms with E-state index in [2.05, 4.69) is 27.7 Å². The molecule has 0 spiro atoms. The number of hydrogen-bond donors (Lipinski definition) is 0. The van der Waals surface area contributed by atoms with Gasteiger partial charge in [0, 0.05) is 19.3 Å². The second kappa shape index (κ2) is 53.4. The Kier molecular flexibility index (Phi) is 52.1. The molecule has 386 valence electrons. The third-order valence-corrected chi connectivity index (χ3v) is 13.9. The number of rotatable bonds is 54. The van der Waals surface area contributed by atoms with Crippen LogP contribution in [0.2, 0.25) is 0 Å². The summed E-state index contributed by atoms with van der Waals surface area (Å²) in [5.41, 5.74) is 0. The molecule has 0 radical (unpaired) electrons. The number of ether oxygens (including phenoxy) is 3. The maximum Gasteiger partial charge on any atom is 0.306 e. The molecule has 0 aliphatic heterocycles. The van der Waals surface area contributed by atoms with Crippen LogP contribution in [-0.4, -0.2) is 37.2 Å². The van der Waals surface area contributed by atoms with Gasteiger partial charge in [0.1, 0.15) is 13.2 Å². The molecule has 0 amide bonds. The van der Waals surface area contributed by atoms with E-state index in [-0.39, 0.29) is 31.1 Å². The van der Waals surface area contributed by atoms with E-state index in [0.717, 1.165) is 63.7 Å². The van der Waals surface area contributed by atoms with Crippen molar-refractivity contribution in [1.29, 1.82) is 0 Å². The van der Waals surface area contributed by atoms with Gasteiger partial charge < -0.3 is 14.2 Å². The van der Waals surface area contributed by atoms with Crippen molar-refractivity contribution < 1.29 is 28.6 Å². The van der Waals surface area contributed by atoms with Crippen molar-refractivity contribution in [2.24, 2.45) is 5.92 Å². The van der Waals surface area contributed by atoms with Crippen molar-refractivity contribution in [1.82, 2.24) is 0 Å². The molecule has 65 heavy (non-hydrogen) atoms. The lowest BCUT2D eigenvalue weighted by Crippen LogP contribution is -2.30. The lowest BCUT2D eigenvalue weighted by molar-refractivity contribution is -0.167. The molecule has 0 aliphatic carbocycles. The van der Waals surface area contributed by atoms with Gasteiger partial charge in [-0.05, 0) is 25.2 Å². The summed E-state index contributed by atoms with van der Waals surface area (Å²) in [6.07, 6.45) is 58.0. The molecular formula is C59H114O6. The zero-order valence-corrected chi connectivity index (χ0v) is 44.5. The fraction of sp³-hybridized carbons (Fsp3) is 0.949. The highest BCUT2D eigenvalue weighted by Crippen LogP contribution is 2.18. The highest BCUT2D eigenvalue weighted by Gasteiger charge is 2.19. The first kappa shape index (κ1) is 63.4. The molecule has 6 nitrogen and oxygen atoms in total. The van der Waals surface area contributed by atoms with E-state index in [4.69, 9.17) is 14.2 Å². The fourth-order valence-electron chi connectivity index (χ4n) is 9.07. The fourth-order valence-corrected chi connectivity index (χ4v) is 9.07. The van der Waals surface area contributed by atoms with Crippen LogP contribution in [0.5, 0.6) is 0 Å². The molecule has 0 aromatic rings. The van der Waals surface area contributed by atoms with Gasteiger partial charge in [0.25, 0.3) is 0 Å². The summed E-state index contributed by atoms with van der Waals surface area (Å²) in [6, 6.07) is 0. The van der Waals surface area contributed by atoms with Gasteiger partial charge in [0.2, 0.25) is 0 Å². The van der Waals surface area contributed by atoms with Gasteiger partial charge in [-0.1, -0.05) is 297 Å². The van der Waals surface area contributed by atoms with Gasteiger partial charge in [0.15, 0.2) is 6.10 Å². The van der Waals surface area contributed by atoms with Gasteiger partial charge in [-0.15, -0.1) is 0 Å². The van der Waals surface area contributed by atoms with Crippen molar-refractivity contribution in [3.05, 3.63) is 0 Å². The van der Waals surface area contributed by atoms with Crippen molar-refractivity contribution in [2.45, 2.75) is 342 Å². The molecular weight excluding hydrogens is 805 g/mol. The molecule has 0 saturated heterocycles. The van der Waals surface area contributed by atoms with Gasteiger partial charge in [-0.2, -0.15) is 0 Å². The number of carbonyl (C=O) groups is 3. The van der Waals surface area contributed by atoms with Crippen LogP contribution < -0.4 is 0 Å². The lowest BCUT2D eigenvalue weighted by Gasteiger charge is -2.18. The summed E-state index contributed by atoms with van der Waals surface area (Å²) >= 11 is 0. The van der Waals surface area contributed by atoms with E-state index in [9.17, 15) is 14.4 Å². The Morgan fingerprint density at radius 2 is 0.538 bits per heavy atom. The highest BCUT2D eigenvalue weighted by molar-refractivity contribution is 5.71. The van der Waals surface area contributed by atoms with E-state index in [1.54, 1.807) is 0 Å². The van der Waals surface area contributed by atoms with Crippen LogP contribution in [0.25, 0.3) is 0 Å². The summed E-state index contributed by atoms with van der Waals surface area (Å²) in [7, 11) is 0. The molecule has 2 atom stereocenters. The zero-order valence-electron chi connectivity index (χ0n) is 44.5. The van der Waals surface area contributed by atoms with Crippen LogP contribution in [-0.2, 0) is 28.6 Å². The molecule has 0 aromatic carbocycles. The first-order valence-electron chi connectivity index (χ1n) is 29.4. The molecule has 0 saturated carbocycles. The minimum Gasteiger partial charge on any atom is -0.462 e. The second-order valence-corrected chi connectivity index (χ2v) is 20.5. The smallest absolute Gasteiger partial charge is 0.306 e. The monoisotopic (exact) mass is 919 g/mol. The van der Waals surface area contributed by atoms with Crippen molar-refractivity contribution >= 4 is 17.9 Å². The summed E-state index contributed by atoms with van der Waals surface area (Å²) in [5.74, 6) is 0.0747. The Morgan fingerprint density at radius 3 is 0.800 bits per heavy atom. The minimum absolute atomic E-state index is 0.0617. The summed E-state index contributed by atoms with van der Waals surface area (Å²) in [5, 5.41) is 0. The lowest BCUT2D eigenvalue weighted by atomic mass is 9.99. The molecule has 6 heteroatoms. The summed E-state index contributed by atoms with van der Waals surface area (Å²) in [4.78, 5) is 38.1. The highest BCUT2D eigenvalue weighted by atomic mass is 16.6. The van der Waals surface area contributed by atoms with E-state index < -0.39 is 6.10 Å². The van der Waals surface area contributed by atoms with E-state index in [0.29, 0.717) is 19.3 Å².